The molecule has 0 amide bonds. The number of halogens is 1. The average molecular weight is 278 g/mol. The predicted molar refractivity (Wildman–Crippen MR) is 74.4 cm³/mol. The molecule has 1 aliphatic rings. The van der Waals surface area contributed by atoms with Gasteiger partial charge in [-0.3, -0.25) is 4.90 Å². The summed E-state index contributed by atoms with van der Waals surface area (Å²) in [5.41, 5.74) is 6.51. The molecule has 1 atom stereocenters. The Morgan fingerprint density at radius 2 is 2.35 bits per heavy atom. The number of rotatable bonds is 3. The topological polar surface area (TPSA) is 58.7 Å². The highest BCUT2D eigenvalue weighted by atomic mass is 19.1. The summed E-state index contributed by atoms with van der Waals surface area (Å²) in [6.07, 6.45) is 0. The van der Waals surface area contributed by atoms with Gasteiger partial charge in [-0.2, -0.15) is 0 Å². The van der Waals surface area contributed by atoms with Gasteiger partial charge in [0.1, 0.15) is 5.82 Å². The minimum absolute atomic E-state index is 0.0156. The molecule has 2 rings (SSSR count). The van der Waals surface area contributed by atoms with Crippen LogP contribution in [0.15, 0.2) is 18.2 Å². The minimum Gasteiger partial charge on any atom is -0.395 e. The normalized spacial score (nSPS) is 19.4. The maximum atomic E-state index is 14.0. The van der Waals surface area contributed by atoms with E-state index in [9.17, 15) is 9.50 Å². The number of hydrogen-bond acceptors (Lipinski definition) is 4. The maximum absolute atomic E-state index is 14.0. The van der Waals surface area contributed by atoms with Gasteiger partial charge in [0.2, 0.25) is 0 Å². The van der Waals surface area contributed by atoms with Crippen molar-refractivity contribution in [1.29, 1.82) is 0 Å². The first kappa shape index (κ1) is 14.9. The number of nitrogens with zero attached hydrogens (tertiary/aromatic N) is 1. The van der Waals surface area contributed by atoms with Crippen LogP contribution in [0.3, 0.4) is 0 Å². The van der Waals surface area contributed by atoms with Gasteiger partial charge in [-0.1, -0.05) is 17.9 Å². The van der Waals surface area contributed by atoms with Gasteiger partial charge in [-0.15, -0.1) is 0 Å². The summed E-state index contributed by atoms with van der Waals surface area (Å²) in [4.78, 5) is 2.03. The van der Waals surface area contributed by atoms with Crippen LogP contribution in [0.1, 0.15) is 11.1 Å². The van der Waals surface area contributed by atoms with Gasteiger partial charge >= 0.3 is 0 Å². The van der Waals surface area contributed by atoms with Gasteiger partial charge in [0.15, 0.2) is 0 Å². The quantitative estimate of drug-likeness (QED) is 0.782. The Balaban J connectivity index is 2.09. The van der Waals surface area contributed by atoms with Crippen LogP contribution >= 0.6 is 0 Å². The van der Waals surface area contributed by atoms with Crippen molar-refractivity contribution in [2.24, 2.45) is 5.73 Å². The standard InChI is InChI=1S/C15H19FN2O2/c16-15-8-12(2-1-5-17)3-4-13(15)9-18-6-7-20-11-14(18)10-19/h3-4,8,14,19H,5-7,9-11,17H2. The zero-order valence-corrected chi connectivity index (χ0v) is 11.3. The molecule has 0 aromatic heterocycles. The molecule has 0 bridgehead atoms. The molecule has 0 radical (unpaired) electrons. The third-order valence-electron chi connectivity index (χ3n) is 3.32. The number of ether oxygens (including phenoxy) is 1. The number of aliphatic hydroxyl groups is 1. The zero-order chi connectivity index (χ0) is 14.4. The van der Waals surface area contributed by atoms with Crippen molar-refractivity contribution in [3.63, 3.8) is 0 Å². The smallest absolute Gasteiger partial charge is 0.128 e. The van der Waals surface area contributed by atoms with Gasteiger partial charge in [0.05, 0.1) is 32.4 Å². The Morgan fingerprint density at radius 1 is 1.50 bits per heavy atom. The molecule has 5 heteroatoms. The van der Waals surface area contributed by atoms with Crippen LogP contribution in [0.2, 0.25) is 0 Å². The van der Waals surface area contributed by atoms with Gasteiger partial charge in [-0.05, 0) is 12.1 Å². The van der Waals surface area contributed by atoms with E-state index in [1.54, 1.807) is 12.1 Å². The third kappa shape index (κ3) is 3.78. The number of morpholine rings is 1. The summed E-state index contributed by atoms with van der Waals surface area (Å²) >= 11 is 0. The number of benzene rings is 1. The van der Waals surface area contributed by atoms with Crippen LogP contribution < -0.4 is 5.73 Å². The molecular weight excluding hydrogens is 259 g/mol. The van der Waals surface area contributed by atoms with E-state index in [0.717, 1.165) is 0 Å². The second-order valence-electron chi connectivity index (χ2n) is 4.69. The van der Waals surface area contributed by atoms with Gasteiger partial charge < -0.3 is 15.6 Å². The Kier molecular flexibility index (Phi) is 5.50. The van der Waals surface area contributed by atoms with Crippen molar-refractivity contribution in [2.75, 3.05) is 32.9 Å². The fraction of sp³-hybridized carbons (Fsp3) is 0.467. The second-order valence-corrected chi connectivity index (χ2v) is 4.69. The van der Waals surface area contributed by atoms with Crippen molar-refractivity contribution < 1.29 is 14.2 Å². The van der Waals surface area contributed by atoms with E-state index in [4.69, 9.17) is 10.5 Å². The molecule has 1 saturated heterocycles. The van der Waals surface area contributed by atoms with Crippen molar-refractivity contribution in [3.05, 3.63) is 35.1 Å². The Bertz CT molecular complexity index is 510. The van der Waals surface area contributed by atoms with Gasteiger partial charge in [0, 0.05) is 24.2 Å². The van der Waals surface area contributed by atoms with E-state index in [0.29, 0.717) is 37.4 Å². The highest BCUT2D eigenvalue weighted by Crippen LogP contribution is 2.16. The highest BCUT2D eigenvalue weighted by Gasteiger charge is 2.23. The molecule has 1 aliphatic heterocycles. The van der Waals surface area contributed by atoms with E-state index in [1.807, 2.05) is 4.90 Å². The minimum atomic E-state index is -0.281. The summed E-state index contributed by atoms with van der Waals surface area (Å²) in [7, 11) is 0. The lowest BCUT2D eigenvalue weighted by molar-refractivity contribution is -0.0316. The first-order valence-electron chi connectivity index (χ1n) is 6.64. The average Bonchev–Trinajstić information content (AvgIpc) is 2.48. The van der Waals surface area contributed by atoms with E-state index in [1.165, 1.54) is 6.07 Å². The first-order valence-corrected chi connectivity index (χ1v) is 6.64. The summed E-state index contributed by atoms with van der Waals surface area (Å²) in [6, 6.07) is 4.88. The third-order valence-corrected chi connectivity index (χ3v) is 3.32. The molecule has 1 heterocycles. The Hall–Kier alpha value is -1.45. The Morgan fingerprint density at radius 3 is 3.05 bits per heavy atom. The maximum Gasteiger partial charge on any atom is 0.128 e. The van der Waals surface area contributed by atoms with Crippen molar-refractivity contribution >= 4 is 0 Å². The van der Waals surface area contributed by atoms with E-state index >= 15 is 0 Å². The highest BCUT2D eigenvalue weighted by molar-refractivity contribution is 5.37. The molecule has 1 fully saturated rings. The fourth-order valence-corrected chi connectivity index (χ4v) is 2.19. The van der Waals surface area contributed by atoms with Crippen molar-refractivity contribution in [1.82, 2.24) is 4.90 Å². The molecule has 4 nitrogen and oxygen atoms in total. The van der Waals surface area contributed by atoms with Crippen LogP contribution in [0.25, 0.3) is 0 Å². The van der Waals surface area contributed by atoms with E-state index in [-0.39, 0.29) is 25.0 Å². The molecule has 20 heavy (non-hydrogen) atoms. The molecule has 1 aromatic rings. The lowest BCUT2D eigenvalue weighted by Crippen LogP contribution is -2.46. The van der Waals surface area contributed by atoms with Crippen LogP contribution in [-0.2, 0) is 11.3 Å². The molecule has 0 saturated carbocycles. The van der Waals surface area contributed by atoms with Crippen LogP contribution in [0.4, 0.5) is 4.39 Å². The molecular formula is C15H19FN2O2. The van der Waals surface area contributed by atoms with Gasteiger partial charge in [-0.25, -0.2) is 4.39 Å². The van der Waals surface area contributed by atoms with Gasteiger partial charge in [0.25, 0.3) is 0 Å². The summed E-state index contributed by atoms with van der Waals surface area (Å²) in [5, 5.41) is 9.30. The van der Waals surface area contributed by atoms with E-state index in [2.05, 4.69) is 11.8 Å². The Labute approximate surface area is 118 Å². The van der Waals surface area contributed by atoms with Crippen molar-refractivity contribution in [3.8, 4) is 11.8 Å². The fourth-order valence-electron chi connectivity index (χ4n) is 2.19. The largest absolute Gasteiger partial charge is 0.395 e. The molecule has 1 aromatic carbocycles. The van der Waals surface area contributed by atoms with Crippen LogP contribution in [0.5, 0.6) is 0 Å². The van der Waals surface area contributed by atoms with E-state index < -0.39 is 0 Å². The monoisotopic (exact) mass is 278 g/mol. The molecule has 0 aliphatic carbocycles. The molecule has 1 unspecified atom stereocenters. The second kappa shape index (κ2) is 7.36. The number of nitrogens with two attached hydrogens (primary N) is 1. The van der Waals surface area contributed by atoms with Crippen LogP contribution in [0, 0.1) is 17.7 Å². The summed E-state index contributed by atoms with van der Waals surface area (Å²) in [5.74, 6) is 5.23. The SMILES string of the molecule is NCC#Cc1ccc(CN2CCOCC2CO)c(F)c1. The molecule has 3 N–H and O–H groups in total. The summed E-state index contributed by atoms with van der Waals surface area (Å²) < 4.78 is 19.4. The number of hydrogen-bond donors (Lipinski definition) is 2. The van der Waals surface area contributed by atoms with Crippen molar-refractivity contribution in [2.45, 2.75) is 12.6 Å². The van der Waals surface area contributed by atoms with Crippen LogP contribution in [-0.4, -0.2) is 49.0 Å². The predicted octanol–water partition coefficient (Wildman–Crippen LogP) is 0.329. The molecule has 0 spiro atoms. The lowest BCUT2D eigenvalue weighted by Gasteiger charge is -2.34. The number of aliphatic hydroxyl groups excluding tert-OH is 1. The lowest BCUT2D eigenvalue weighted by atomic mass is 10.1. The molecule has 108 valence electrons. The zero-order valence-electron chi connectivity index (χ0n) is 11.3. The first-order chi connectivity index (χ1) is 9.74. The summed E-state index contributed by atoms with van der Waals surface area (Å²) in [6.45, 7) is 2.53.